The van der Waals surface area contributed by atoms with E-state index in [0.29, 0.717) is 16.7 Å². The van der Waals surface area contributed by atoms with Crippen molar-refractivity contribution in [3.8, 4) is 0 Å². The van der Waals surface area contributed by atoms with E-state index in [1.54, 1.807) is 11.1 Å². The zero-order valence-corrected chi connectivity index (χ0v) is 27.4. The van der Waals surface area contributed by atoms with Crippen molar-refractivity contribution in [3.05, 3.63) is 124 Å². The lowest BCUT2D eigenvalue weighted by molar-refractivity contribution is 0.290. The molecular weight excluding hydrogens is 480 g/mol. The van der Waals surface area contributed by atoms with Gasteiger partial charge in [0.05, 0.1) is 5.57 Å². The summed E-state index contributed by atoms with van der Waals surface area (Å²) in [6, 6.07) is 0. The molecule has 2 rings (SSSR count). The maximum absolute atomic E-state index is 2.39. The summed E-state index contributed by atoms with van der Waals surface area (Å²) in [6.45, 7) is 22.9. The Morgan fingerprint density at radius 2 is 1.23 bits per heavy atom. The highest BCUT2D eigenvalue weighted by molar-refractivity contribution is 5.37. The molecule has 2 aliphatic carbocycles. The fraction of sp³-hybridized carbons (Fsp3) is 0.475. The first-order valence-corrected chi connectivity index (χ1v) is 15.5. The van der Waals surface area contributed by atoms with E-state index < -0.39 is 0 Å². The summed E-state index contributed by atoms with van der Waals surface area (Å²) in [5.74, 6) is 0.692. The van der Waals surface area contributed by atoms with Gasteiger partial charge in [0.1, 0.15) is 0 Å². The van der Waals surface area contributed by atoms with Gasteiger partial charge in [-0.05, 0) is 69.9 Å². The molecule has 1 unspecified atom stereocenters. The van der Waals surface area contributed by atoms with E-state index in [-0.39, 0.29) is 0 Å². The van der Waals surface area contributed by atoms with Crippen LogP contribution in [0.4, 0.5) is 0 Å². The second kappa shape index (κ2) is 15.9. The van der Waals surface area contributed by atoms with Crippen LogP contribution in [-0.4, -0.2) is 0 Å². The highest BCUT2D eigenvalue weighted by atomic mass is 14.4. The zero-order chi connectivity index (χ0) is 29.8. The summed E-state index contributed by atoms with van der Waals surface area (Å²) >= 11 is 0. The Labute approximate surface area is 248 Å². The van der Waals surface area contributed by atoms with Crippen LogP contribution in [-0.2, 0) is 0 Å². The average Bonchev–Trinajstić information content (AvgIpc) is 2.85. The molecular formula is C40H57+. The lowest BCUT2D eigenvalue weighted by atomic mass is 9.68. The number of hydrogen-bond acceptors (Lipinski definition) is 0. The minimum absolute atomic E-state index is 0.292. The van der Waals surface area contributed by atoms with Crippen LogP contribution >= 0.6 is 0 Å². The lowest BCUT2D eigenvalue weighted by Crippen LogP contribution is -2.24. The van der Waals surface area contributed by atoms with Gasteiger partial charge in [0, 0.05) is 49.3 Å². The highest BCUT2D eigenvalue weighted by Crippen LogP contribution is 2.43. The van der Waals surface area contributed by atoms with Crippen LogP contribution in [0.15, 0.2) is 118 Å². The van der Waals surface area contributed by atoms with Crippen LogP contribution in [0, 0.1) is 23.2 Å². The van der Waals surface area contributed by atoms with Crippen LogP contribution in [0.5, 0.6) is 0 Å². The number of hydrogen-bond donors (Lipinski definition) is 0. The van der Waals surface area contributed by atoms with Crippen molar-refractivity contribution in [3.63, 3.8) is 0 Å². The molecule has 0 bridgehead atoms. The molecule has 2 aliphatic rings. The second-order valence-corrected chi connectivity index (χ2v) is 13.5. The van der Waals surface area contributed by atoms with Crippen LogP contribution in [0.2, 0.25) is 0 Å². The maximum atomic E-state index is 2.39. The number of rotatable bonds is 10. The summed E-state index contributed by atoms with van der Waals surface area (Å²) in [5, 5.41) is 0. The molecule has 0 spiro atoms. The highest BCUT2D eigenvalue weighted by Gasteiger charge is 2.32. The molecule has 0 nitrogen and oxygen atoms in total. The molecule has 0 aliphatic heterocycles. The molecule has 0 radical (unpaired) electrons. The molecule has 0 heterocycles. The fourth-order valence-electron chi connectivity index (χ4n) is 5.99. The fourth-order valence-corrected chi connectivity index (χ4v) is 5.99. The van der Waals surface area contributed by atoms with Crippen LogP contribution < -0.4 is 0 Å². The first-order valence-electron chi connectivity index (χ1n) is 15.5. The van der Waals surface area contributed by atoms with Gasteiger partial charge in [-0.3, -0.25) is 0 Å². The molecule has 1 fully saturated rings. The maximum Gasteiger partial charge on any atom is 0.0637 e. The molecule has 216 valence electrons. The van der Waals surface area contributed by atoms with Gasteiger partial charge in [-0.15, -0.1) is 0 Å². The minimum Gasteiger partial charge on any atom is -0.0620 e. The van der Waals surface area contributed by atoms with Gasteiger partial charge >= 0.3 is 0 Å². The Bertz CT molecular complexity index is 1150. The summed E-state index contributed by atoms with van der Waals surface area (Å²) in [7, 11) is 0. The average molecular weight is 538 g/mol. The van der Waals surface area contributed by atoms with Crippen molar-refractivity contribution in [2.45, 2.75) is 108 Å². The first-order chi connectivity index (χ1) is 18.8. The van der Waals surface area contributed by atoms with E-state index in [4.69, 9.17) is 0 Å². The Kier molecular flexibility index (Phi) is 13.3. The number of allylic oxidation sites excluding steroid dienone is 20. The third-order valence-electron chi connectivity index (χ3n) is 8.60. The quantitative estimate of drug-likeness (QED) is 0.192. The molecule has 0 heteroatoms. The Balaban J connectivity index is 1.86. The predicted molar refractivity (Wildman–Crippen MR) is 181 cm³/mol. The van der Waals surface area contributed by atoms with Crippen LogP contribution in [0.25, 0.3) is 0 Å². The van der Waals surface area contributed by atoms with Crippen molar-refractivity contribution in [2.24, 2.45) is 16.7 Å². The van der Waals surface area contributed by atoms with E-state index in [1.807, 2.05) is 0 Å². The van der Waals surface area contributed by atoms with Gasteiger partial charge in [-0.1, -0.05) is 124 Å². The van der Waals surface area contributed by atoms with Crippen molar-refractivity contribution in [1.82, 2.24) is 0 Å². The normalized spacial score (nSPS) is 24.4. The van der Waals surface area contributed by atoms with E-state index in [9.17, 15) is 0 Å². The molecule has 1 saturated carbocycles. The van der Waals surface area contributed by atoms with Gasteiger partial charge in [-0.25, -0.2) is 0 Å². The first kappa shape index (κ1) is 33.5. The molecule has 40 heavy (non-hydrogen) atoms. The molecule has 0 N–H and O–H groups in total. The third kappa shape index (κ3) is 11.4. The minimum atomic E-state index is 0.292. The van der Waals surface area contributed by atoms with E-state index >= 15 is 0 Å². The Morgan fingerprint density at radius 3 is 1.80 bits per heavy atom. The Hall–Kier alpha value is -2.73. The summed E-state index contributed by atoms with van der Waals surface area (Å²) < 4.78 is 0. The molecule has 0 amide bonds. The lowest BCUT2D eigenvalue weighted by Gasteiger charge is -2.37. The monoisotopic (exact) mass is 537 g/mol. The third-order valence-corrected chi connectivity index (χ3v) is 8.60. The summed E-state index contributed by atoms with van der Waals surface area (Å²) in [5.41, 5.74) is 10.3. The zero-order valence-electron chi connectivity index (χ0n) is 27.4. The largest absolute Gasteiger partial charge is 0.0637 e. The van der Waals surface area contributed by atoms with E-state index in [2.05, 4.69) is 155 Å². The predicted octanol–water partition coefficient (Wildman–Crippen LogP) is 12.5. The van der Waals surface area contributed by atoms with Crippen LogP contribution in [0.3, 0.4) is 0 Å². The van der Waals surface area contributed by atoms with Crippen molar-refractivity contribution >= 4 is 0 Å². The molecule has 1 atom stereocenters. The molecule has 0 aromatic heterocycles. The van der Waals surface area contributed by atoms with Gasteiger partial charge in [0.25, 0.3) is 0 Å². The molecule has 0 aromatic rings. The van der Waals surface area contributed by atoms with Crippen molar-refractivity contribution in [1.29, 1.82) is 0 Å². The smallest absolute Gasteiger partial charge is 0.0620 e. The summed E-state index contributed by atoms with van der Waals surface area (Å²) in [4.78, 5) is 0. The standard InChI is InChI=1S/C40H57/c1-31(19-13-21-33(3)25-27-37-35(5)23-15-29-39(37,7)8)17-11-12-18-32(2)20-14-22-34(4)26-28-38-36(6)24-16-30-40(38,9)10/h11-14,17-22,25-28,35H,15-16,23-24,29-30H2,1-10H3/q+1/b17-11+,18-12?,21-13+,22-14?,31-19+,32-20?,33-25+,34-26?,37-27+. The molecule has 0 aromatic carbocycles. The molecule has 0 saturated heterocycles. The second-order valence-electron chi connectivity index (χ2n) is 13.5. The summed E-state index contributed by atoms with van der Waals surface area (Å²) in [6.07, 6.45) is 38.6. The van der Waals surface area contributed by atoms with Gasteiger partial charge in [0.15, 0.2) is 0 Å². The van der Waals surface area contributed by atoms with Gasteiger partial charge < -0.3 is 0 Å². The SMILES string of the molecule is CC(C=C/C=C/C(C)=C/C=C/C(C)=C/C=C1\C(C)CCCC1(C)C)=CC=CC(C)=C[CH+]C1=C(C)CCCC1(C)C. The van der Waals surface area contributed by atoms with Gasteiger partial charge in [0.2, 0.25) is 0 Å². The van der Waals surface area contributed by atoms with Crippen LogP contribution in [0.1, 0.15) is 108 Å². The van der Waals surface area contributed by atoms with Gasteiger partial charge in [-0.2, -0.15) is 0 Å². The van der Waals surface area contributed by atoms with Crippen molar-refractivity contribution in [2.75, 3.05) is 0 Å². The topological polar surface area (TPSA) is 0 Å². The van der Waals surface area contributed by atoms with Crippen molar-refractivity contribution < 1.29 is 0 Å². The van der Waals surface area contributed by atoms with E-state index in [0.717, 1.165) is 0 Å². The Morgan fingerprint density at radius 1 is 0.700 bits per heavy atom. The van der Waals surface area contributed by atoms with E-state index in [1.165, 1.54) is 66.4 Å².